The molecule has 128 valence electrons. The van der Waals surface area contributed by atoms with E-state index in [1.807, 2.05) is 0 Å². The van der Waals surface area contributed by atoms with Gasteiger partial charge in [-0.3, -0.25) is 4.99 Å². The zero-order valence-electron chi connectivity index (χ0n) is 14.7. The van der Waals surface area contributed by atoms with E-state index in [9.17, 15) is 0 Å². The quantitative estimate of drug-likeness (QED) is 0.399. The minimum atomic E-state index is 0.716. The fourth-order valence-electron chi connectivity index (χ4n) is 2.88. The molecule has 0 aromatic rings. The number of hydrogen-bond donors (Lipinski definition) is 1. The number of ether oxygens (including phenoxy) is 1. The van der Waals surface area contributed by atoms with Crippen LogP contribution in [0, 0.1) is 11.8 Å². The van der Waals surface area contributed by atoms with Crippen molar-refractivity contribution in [2.75, 3.05) is 59.5 Å². The van der Waals surface area contributed by atoms with Crippen molar-refractivity contribution in [1.82, 2.24) is 15.1 Å². The molecule has 1 atom stereocenters. The highest BCUT2D eigenvalue weighted by Crippen LogP contribution is 2.28. The summed E-state index contributed by atoms with van der Waals surface area (Å²) < 4.78 is 5.73. The molecule has 2 aliphatic rings. The molecule has 0 bridgehead atoms. The van der Waals surface area contributed by atoms with E-state index < -0.39 is 0 Å². The Bertz CT molecular complexity index is 344. The summed E-state index contributed by atoms with van der Waals surface area (Å²) >= 11 is 0. The van der Waals surface area contributed by atoms with E-state index in [0.717, 1.165) is 44.7 Å². The van der Waals surface area contributed by atoms with Gasteiger partial charge < -0.3 is 19.9 Å². The van der Waals surface area contributed by atoms with Gasteiger partial charge in [-0.05, 0) is 51.1 Å². The van der Waals surface area contributed by atoms with Crippen LogP contribution in [0.15, 0.2) is 4.99 Å². The third-order valence-corrected chi connectivity index (χ3v) is 4.63. The van der Waals surface area contributed by atoms with Crippen LogP contribution < -0.4 is 5.32 Å². The van der Waals surface area contributed by atoms with Crippen LogP contribution in [0.2, 0.25) is 0 Å². The first-order valence-corrected chi connectivity index (χ1v) is 9.02. The first-order valence-electron chi connectivity index (χ1n) is 9.02. The van der Waals surface area contributed by atoms with Crippen LogP contribution in [-0.4, -0.2) is 75.3 Å². The molecule has 1 unspecified atom stereocenters. The first-order chi connectivity index (χ1) is 10.7. The Morgan fingerprint density at radius 3 is 2.73 bits per heavy atom. The second kappa shape index (κ2) is 9.36. The summed E-state index contributed by atoms with van der Waals surface area (Å²) in [5, 5.41) is 3.40. The molecular formula is C17H34N4O. The molecule has 2 fully saturated rings. The lowest BCUT2D eigenvalue weighted by Gasteiger charge is -2.22. The third-order valence-electron chi connectivity index (χ3n) is 4.63. The van der Waals surface area contributed by atoms with Gasteiger partial charge in [-0.25, -0.2) is 0 Å². The number of nitrogens with one attached hydrogen (secondary N) is 1. The van der Waals surface area contributed by atoms with Crippen molar-refractivity contribution < 1.29 is 4.74 Å². The summed E-state index contributed by atoms with van der Waals surface area (Å²) in [6, 6.07) is 0. The van der Waals surface area contributed by atoms with Gasteiger partial charge in [0.1, 0.15) is 0 Å². The number of hydrogen-bond acceptors (Lipinski definition) is 3. The van der Waals surface area contributed by atoms with Crippen molar-refractivity contribution >= 4 is 5.96 Å². The smallest absolute Gasteiger partial charge is 0.193 e. The lowest BCUT2D eigenvalue weighted by atomic mass is 10.1. The average molecular weight is 310 g/mol. The largest absolute Gasteiger partial charge is 0.379 e. The molecule has 0 aromatic heterocycles. The van der Waals surface area contributed by atoms with Crippen LogP contribution in [0.4, 0.5) is 0 Å². The maximum Gasteiger partial charge on any atom is 0.193 e. The summed E-state index contributed by atoms with van der Waals surface area (Å²) in [5.74, 6) is 2.58. The zero-order valence-corrected chi connectivity index (χ0v) is 14.7. The predicted octanol–water partition coefficient (Wildman–Crippen LogP) is 1.65. The normalized spacial score (nSPS) is 23.0. The van der Waals surface area contributed by atoms with Gasteiger partial charge in [0.05, 0.1) is 6.61 Å². The maximum absolute atomic E-state index is 5.73. The second-order valence-electron chi connectivity index (χ2n) is 6.68. The SMILES string of the molecule is CCNC(=NCC1CCN(CC)C1)N(C)CCOCC1CC1. The standard InChI is InChI=1S/C17H34N4O/c1-4-18-17(19-12-16-8-9-21(5-2)13-16)20(3)10-11-22-14-15-6-7-15/h15-16H,4-14H2,1-3H3,(H,18,19). The van der Waals surface area contributed by atoms with Crippen molar-refractivity contribution in [1.29, 1.82) is 0 Å². The monoisotopic (exact) mass is 310 g/mol. The molecule has 1 saturated heterocycles. The molecule has 1 N–H and O–H groups in total. The maximum atomic E-state index is 5.73. The van der Waals surface area contributed by atoms with Gasteiger partial charge in [0.25, 0.3) is 0 Å². The Morgan fingerprint density at radius 1 is 1.27 bits per heavy atom. The molecule has 2 rings (SSSR count). The molecule has 0 aromatic carbocycles. The summed E-state index contributed by atoms with van der Waals surface area (Å²) in [6.45, 7) is 12.5. The lowest BCUT2D eigenvalue weighted by Crippen LogP contribution is -2.41. The van der Waals surface area contributed by atoms with Gasteiger partial charge in [0, 0.05) is 39.8 Å². The van der Waals surface area contributed by atoms with Gasteiger partial charge in [0.15, 0.2) is 5.96 Å². The van der Waals surface area contributed by atoms with Crippen LogP contribution in [-0.2, 0) is 4.74 Å². The molecule has 0 radical (unpaired) electrons. The molecule has 22 heavy (non-hydrogen) atoms. The molecule has 0 spiro atoms. The fraction of sp³-hybridized carbons (Fsp3) is 0.941. The van der Waals surface area contributed by atoms with E-state index in [1.165, 1.54) is 38.9 Å². The summed E-state index contributed by atoms with van der Waals surface area (Å²) in [4.78, 5) is 9.55. The third kappa shape index (κ3) is 6.13. The number of likely N-dealkylation sites (N-methyl/N-ethyl adjacent to an activating group) is 1. The lowest BCUT2D eigenvalue weighted by molar-refractivity contribution is 0.115. The van der Waals surface area contributed by atoms with Crippen molar-refractivity contribution in [3.8, 4) is 0 Å². The minimum absolute atomic E-state index is 0.716. The predicted molar refractivity (Wildman–Crippen MR) is 92.4 cm³/mol. The fourth-order valence-corrected chi connectivity index (χ4v) is 2.88. The Hall–Kier alpha value is -0.810. The highest BCUT2D eigenvalue weighted by Gasteiger charge is 2.22. The molecule has 1 saturated carbocycles. The van der Waals surface area contributed by atoms with Crippen molar-refractivity contribution in [2.24, 2.45) is 16.8 Å². The molecule has 5 heteroatoms. The Morgan fingerprint density at radius 2 is 2.09 bits per heavy atom. The first kappa shape index (κ1) is 17.5. The molecule has 1 aliphatic carbocycles. The summed E-state index contributed by atoms with van der Waals surface area (Å²) in [6.07, 6.45) is 4.00. The Labute approximate surface area is 136 Å². The van der Waals surface area contributed by atoms with Crippen LogP contribution in [0.1, 0.15) is 33.1 Å². The van der Waals surface area contributed by atoms with Crippen molar-refractivity contribution in [3.63, 3.8) is 0 Å². The van der Waals surface area contributed by atoms with Gasteiger partial charge in [-0.1, -0.05) is 6.92 Å². The van der Waals surface area contributed by atoms with Crippen molar-refractivity contribution in [2.45, 2.75) is 33.1 Å². The average Bonchev–Trinajstić information content (AvgIpc) is 3.24. The van der Waals surface area contributed by atoms with Gasteiger partial charge in [-0.2, -0.15) is 0 Å². The highest BCUT2D eigenvalue weighted by atomic mass is 16.5. The number of nitrogens with zero attached hydrogens (tertiary/aromatic N) is 3. The van der Waals surface area contributed by atoms with E-state index in [-0.39, 0.29) is 0 Å². The highest BCUT2D eigenvalue weighted by molar-refractivity contribution is 5.79. The molecule has 1 heterocycles. The van der Waals surface area contributed by atoms with Gasteiger partial charge >= 0.3 is 0 Å². The summed E-state index contributed by atoms with van der Waals surface area (Å²) in [7, 11) is 2.11. The molecule has 1 aliphatic heterocycles. The molecule has 0 amide bonds. The van der Waals surface area contributed by atoms with Crippen LogP contribution in [0.5, 0.6) is 0 Å². The molecule has 5 nitrogen and oxygen atoms in total. The van der Waals surface area contributed by atoms with E-state index in [2.05, 4.69) is 36.0 Å². The van der Waals surface area contributed by atoms with Gasteiger partial charge in [0.2, 0.25) is 0 Å². The number of guanidine groups is 1. The zero-order chi connectivity index (χ0) is 15.8. The van der Waals surface area contributed by atoms with Crippen molar-refractivity contribution in [3.05, 3.63) is 0 Å². The minimum Gasteiger partial charge on any atom is -0.379 e. The van der Waals surface area contributed by atoms with Crippen LogP contribution in [0.3, 0.4) is 0 Å². The number of aliphatic imine (C=N–C) groups is 1. The van der Waals surface area contributed by atoms with E-state index in [1.54, 1.807) is 0 Å². The Kier molecular flexibility index (Phi) is 7.46. The van der Waals surface area contributed by atoms with E-state index >= 15 is 0 Å². The summed E-state index contributed by atoms with van der Waals surface area (Å²) in [5.41, 5.74) is 0. The second-order valence-corrected chi connectivity index (χ2v) is 6.68. The van der Waals surface area contributed by atoms with Gasteiger partial charge in [-0.15, -0.1) is 0 Å². The van der Waals surface area contributed by atoms with E-state index in [0.29, 0.717) is 5.92 Å². The van der Waals surface area contributed by atoms with E-state index in [4.69, 9.17) is 9.73 Å². The van der Waals surface area contributed by atoms with Crippen LogP contribution in [0.25, 0.3) is 0 Å². The van der Waals surface area contributed by atoms with Crippen LogP contribution >= 0.6 is 0 Å². The Balaban J connectivity index is 1.70. The molecular weight excluding hydrogens is 276 g/mol. The topological polar surface area (TPSA) is 40.1 Å². The number of rotatable bonds is 9. The number of likely N-dealkylation sites (tertiary alicyclic amines) is 1.